The zero-order valence-electron chi connectivity index (χ0n) is 10.7. The first-order chi connectivity index (χ1) is 7.38. The van der Waals surface area contributed by atoms with Gasteiger partial charge in [-0.25, -0.2) is 9.97 Å². The molecule has 0 aliphatic rings. The van der Waals surface area contributed by atoms with Gasteiger partial charge >= 0.3 is 0 Å². The van der Waals surface area contributed by atoms with E-state index in [-0.39, 0.29) is 6.04 Å². The van der Waals surface area contributed by atoms with Gasteiger partial charge in [-0.15, -0.1) is 0 Å². The van der Waals surface area contributed by atoms with Crippen LogP contribution in [0.5, 0.6) is 0 Å². The van der Waals surface area contributed by atoms with Gasteiger partial charge in [0, 0.05) is 30.1 Å². The van der Waals surface area contributed by atoms with Gasteiger partial charge in [-0.3, -0.25) is 0 Å². The maximum atomic E-state index is 5.82. The smallest absolute Gasteiger partial charge is 0.159 e. The van der Waals surface area contributed by atoms with Crippen LogP contribution in [0.3, 0.4) is 0 Å². The van der Waals surface area contributed by atoms with Crippen molar-refractivity contribution in [2.75, 3.05) is 6.61 Å². The molecular weight excluding hydrogens is 202 g/mol. The molecular formula is C12H21N3O. The van der Waals surface area contributed by atoms with E-state index < -0.39 is 5.60 Å². The average Bonchev–Trinajstić information content (AvgIpc) is 2.16. The standard InChI is InChI=1S/C12H21N3O/c1-6-16-12(4,5)11-14-7-10(8(2)13)9(3)15-11/h7-8H,6,13H2,1-5H3/t8-/m1/s1. The molecule has 0 bridgehead atoms. The Morgan fingerprint density at radius 3 is 2.56 bits per heavy atom. The van der Waals surface area contributed by atoms with Crippen LogP contribution in [0.4, 0.5) is 0 Å². The number of hydrogen-bond donors (Lipinski definition) is 1. The van der Waals surface area contributed by atoms with Crippen LogP contribution in [0.1, 0.15) is 50.8 Å². The van der Waals surface area contributed by atoms with Gasteiger partial charge in [0.25, 0.3) is 0 Å². The fourth-order valence-electron chi connectivity index (χ4n) is 1.64. The quantitative estimate of drug-likeness (QED) is 0.849. The second kappa shape index (κ2) is 4.89. The second-order valence-corrected chi connectivity index (χ2v) is 4.47. The van der Waals surface area contributed by atoms with Gasteiger partial charge in [0.05, 0.1) is 0 Å². The summed E-state index contributed by atoms with van der Waals surface area (Å²) in [7, 11) is 0. The second-order valence-electron chi connectivity index (χ2n) is 4.47. The molecule has 0 aliphatic carbocycles. The van der Waals surface area contributed by atoms with Crippen molar-refractivity contribution in [2.24, 2.45) is 5.73 Å². The first-order valence-corrected chi connectivity index (χ1v) is 5.62. The molecule has 1 heterocycles. The van der Waals surface area contributed by atoms with Crippen LogP contribution < -0.4 is 5.73 Å². The van der Waals surface area contributed by atoms with Crippen molar-refractivity contribution in [3.63, 3.8) is 0 Å². The minimum absolute atomic E-state index is 0.0377. The van der Waals surface area contributed by atoms with E-state index in [0.717, 1.165) is 11.3 Å². The summed E-state index contributed by atoms with van der Waals surface area (Å²) < 4.78 is 5.61. The third-order valence-electron chi connectivity index (χ3n) is 2.55. The summed E-state index contributed by atoms with van der Waals surface area (Å²) in [4.78, 5) is 8.80. The molecule has 0 saturated carbocycles. The lowest BCUT2D eigenvalue weighted by atomic mass is 10.1. The normalized spacial score (nSPS) is 13.9. The largest absolute Gasteiger partial charge is 0.368 e. The molecule has 4 nitrogen and oxygen atoms in total. The monoisotopic (exact) mass is 223 g/mol. The molecule has 0 aliphatic heterocycles. The van der Waals surface area contributed by atoms with E-state index in [9.17, 15) is 0 Å². The number of hydrogen-bond acceptors (Lipinski definition) is 4. The van der Waals surface area contributed by atoms with Crippen molar-refractivity contribution in [3.05, 3.63) is 23.3 Å². The molecule has 0 saturated heterocycles. The van der Waals surface area contributed by atoms with Crippen molar-refractivity contribution in [3.8, 4) is 0 Å². The topological polar surface area (TPSA) is 61.0 Å². The molecule has 1 rings (SSSR count). The zero-order valence-corrected chi connectivity index (χ0v) is 10.7. The van der Waals surface area contributed by atoms with E-state index in [1.807, 2.05) is 34.6 Å². The minimum Gasteiger partial charge on any atom is -0.368 e. The van der Waals surface area contributed by atoms with Crippen molar-refractivity contribution in [2.45, 2.75) is 46.3 Å². The molecule has 16 heavy (non-hydrogen) atoms. The van der Waals surface area contributed by atoms with Gasteiger partial charge in [-0.05, 0) is 34.6 Å². The van der Waals surface area contributed by atoms with E-state index >= 15 is 0 Å². The van der Waals surface area contributed by atoms with Crippen molar-refractivity contribution in [1.29, 1.82) is 0 Å². The Labute approximate surface area is 97.2 Å². The number of nitrogens with two attached hydrogens (primary N) is 1. The van der Waals surface area contributed by atoms with Gasteiger partial charge in [-0.1, -0.05) is 0 Å². The molecule has 0 spiro atoms. The van der Waals surface area contributed by atoms with Gasteiger partial charge in [0.15, 0.2) is 5.82 Å². The highest BCUT2D eigenvalue weighted by molar-refractivity contribution is 5.20. The molecule has 1 aromatic heterocycles. The van der Waals surface area contributed by atoms with E-state index in [2.05, 4.69) is 9.97 Å². The van der Waals surface area contributed by atoms with Crippen molar-refractivity contribution < 1.29 is 4.74 Å². The Morgan fingerprint density at radius 1 is 1.50 bits per heavy atom. The lowest BCUT2D eigenvalue weighted by molar-refractivity contribution is -0.0209. The number of rotatable bonds is 4. The van der Waals surface area contributed by atoms with Crippen molar-refractivity contribution in [1.82, 2.24) is 9.97 Å². The zero-order chi connectivity index (χ0) is 12.3. The fraction of sp³-hybridized carbons (Fsp3) is 0.667. The third-order valence-corrected chi connectivity index (χ3v) is 2.55. The summed E-state index contributed by atoms with van der Waals surface area (Å²) in [5.74, 6) is 0.705. The Hall–Kier alpha value is -1.00. The van der Waals surface area contributed by atoms with Gasteiger partial charge < -0.3 is 10.5 Å². The molecule has 0 fully saturated rings. The van der Waals surface area contributed by atoms with Crippen molar-refractivity contribution >= 4 is 0 Å². The average molecular weight is 223 g/mol. The van der Waals surface area contributed by atoms with Gasteiger partial charge in [0.1, 0.15) is 5.60 Å². The predicted octanol–water partition coefficient (Wildman–Crippen LogP) is 2.08. The van der Waals surface area contributed by atoms with Crippen LogP contribution in [0.2, 0.25) is 0 Å². The Morgan fingerprint density at radius 2 is 2.12 bits per heavy atom. The Bertz CT molecular complexity index is 361. The van der Waals surface area contributed by atoms with E-state index in [4.69, 9.17) is 10.5 Å². The molecule has 4 heteroatoms. The van der Waals surface area contributed by atoms with Crippen LogP contribution in [-0.2, 0) is 10.3 Å². The number of aromatic nitrogens is 2. The maximum absolute atomic E-state index is 5.82. The molecule has 1 atom stereocenters. The van der Waals surface area contributed by atoms with Crippen LogP contribution in [0.15, 0.2) is 6.20 Å². The van der Waals surface area contributed by atoms with E-state index in [1.54, 1.807) is 6.20 Å². The summed E-state index contributed by atoms with van der Waals surface area (Å²) in [6.45, 7) is 10.4. The summed E-state index contributed by atoms with van der Waals surface area (Å²) in [5.41, 5.74) is 7.28. The predicted molar refractivity (Wildman–Crippen MR) is 64.0 cm³/mol. The molecule has 0 amide bonds. The SMILES string of the molecule is CCOC(C)(C)c1ncc([C@@H](C)N)c(C)n1. The summed E-state index contributed by atoms with van der Waals surface area (Å²) in [6.07, 6.45) is 1.79. The Balaban J connectivity index is 3.05. The first-order valence-electron chi connectivity index (χ1n) is 5.62. The Kier molecular flexibility index (Phi) is 3.99. The molecule has 0 unspecified atom stereocenters. The molecule has 2 N–H and O–H groups in total. The van der Waals surface area contributed by atoms with Crippen LogP contribution >= 0.6 is 0 Å². The molecule has 90 valence electrons. The lowest BCUT2D eigenvalue weighted by Crippen LogP contribution is -2.25. The van der Waals surface area contributed by atoms with Gasteiger partial charge in [0.2, 0.25) is 0 Å². The minimum atomic E-state index is -0.449. The van der Waals surface area contributed by atoms with Crippen LogP contribution in [0.25, 0.3) is 0 Å². The van der Waals surface area contributed by atoms with Crippen LogP contribution in [0, 0.1) is 6.92 Å². The molecule has 0 aromatic carbocycles. The van der Waals surface area contributed by atoms with Gasteiger partial charge in [-0.2, -0.15) is 0 Å². The first kappa shape index (κ1) is 13.1. The highest BCUT2D eigenvalue weighted by Gasteiger charge is 2.24. The molecule has 1 aromatic rings. The summed E-state index contributed by atoms with van der Waals surface area (Å²) in [6, 6.07) is -0.0377. The summed E-state index contributed by atoms with van der Waals surface area (Å²) in [5, 5.41) is 0. The number of ether oxygens (including phenoxy) is 1. The third kappa shape index (κ3) is 2.77. The maximum Gasteiger partial charge on any atom is 0.159 e. The molecule has 0 radical (unpaired) electrons. The lowest BCUT2D eigenvalue weighted by Gasteiger charge is -2.23. The highest BCUT2D eigenvalue weighted by Crippen LogP contribution is 2.22. The van der Waals surface area contributed by atoms with Crippen LogP contribution in [-0.4, -0.2) is 16.6 Å². The highest BCUT2D eigenvalue weighted by atomic mass is 16.5. The fourth-order valence-corrected chi connectivity index (χ4v) is 1.64. The van der Waals surface area contributed by atoms with E-state index in [1.165, 1.54) is 0 Å². The van der Waals surface area contributed by atoms with E-state index in [0.29, 0.717) is 12.4 Å². The number of aryl methyl sites for hydroxylation is 1. The summed E-state index contributed by atoms with van der Waals surface area (Å²) >= 11 is 0. The number of nitrogens with zero attached hydrogens (tertiary/aromatic N) is 2.